The third-order valence-corrected chi connectivity index (χ3v) is 4.17. The molecule has 2 nitrogen and oxygen atoms in total. The van der Waals surface area contributed by atoms with Crippen LogP contribution in [-0.2, 0) is 0 Å². The van der Waals surface area contributed by atoms with Crippen LogP contribution in [0.4, 0.5) is 5.69 Å². The van der Waals surface area contributed by atoms with Gasteiger partial charge in [0.1, 0.15) is 4.60 Å². The first-order valence-electron chi connectivity index (χ1n) is 6.18. The van der Waals surface area contributed by atoms with Crippen LogP contribution in [0.15, 0.2) is 22.9 Å². The highest BCUT2D eigenvalue weighted by molar-refractivity contribution is 9.10. The second kappa shape index (κ2) is 5.67. The number of hydrogen-bond acceptors (Lipinski definition) is 2. The Hall–Kier alpha value is -0.570. The monoisotopic (exact) mass is 282 g/mol. The van der Waals surface area contributed by atoms with E-state index in [9.17, 15) is 0 Å². The van der Waals surface area contributed by atoms with Crippen molar-refractivity contribution in [3.8, 4) is 0 Å². The Kier molecular flexibility index (Phi) is 4.22. The Morgan fingerprint density at radius 1 is 1.44 bits per heavy atom. The number of rotatable bonds is 3. The third-order valence-electron chi connectivity index (χ3n) is 3.53. The second-order valence-electron chi connectivity index (χ2n) is 4.55. The molecule has 1 heterocycles. The lowest BCUT2D eigenvalue weighted by Crippen LogP contribution is -2.31. The van der Waals surface area contributed by atoms with Gasteiger partial charge in [-0.05, 0) is 46.8 Å². The fraction of sp³-hybridized carbons (Fsp3) is 0.615. The Morgan fingerprint density at radius 3 is 3.00 bits per heavy atom. The van der Waals surface area contributed by atoms with E-state index >= 15 is 0 Å². The van der Waals surface area contributed by atoms with Gasteiger partial charge in [-0.2, -0.15) is 0 Å². The molecule has 0 amide bonds. The fourth-order valence-electron chi connectivity index (χ4n) is 2.58. The van der Waals surface area contributed by atoms with Crippen LogP contribution >= 0.6 is 15.9 Å². The molecule has 0 spiro atoms. The quantitative estimate of drug-likeness (QED) is 0.840. The summed E-state index contributed by atoms with van der Waals surface area (Å²) in [6.07, 6.45) is 8.49. The number of halogens is 1. The summed E-state index contributed by atoms with van der Waals surface area (Å²) in [7, 11) is 0. The molecule has 2 unspecified atom stereocenters. The molecule has 1 N–H and O–H groups in total. The van der Waals surface area contributed by atoms with Crippen LogP contribution in [0, 0.1) is 5.92 Å². The minimum Gasteiger partial charge on any atom is -0.380 e. The van der Waals surface area contributed by atoms with Crippen LogP contribution in [0.25, 0.3) is 0 Å². The van der Waals surface area contributed by atoms with E-state index in [1.54, 1.807) is 0 Å². The summed E-state index contributed by atoms with van der Waals surface area (Å²) >= 11 is 3.49. The zero-order valence-corrected chi connectivity index (χ0v) is 11.3. The molecule has 88 valence electrons. The maximum absolute atomic E-state index is 4.25. The van der Waals surface area contributed by atoms with Crippen molar-refractivity contribution < 1.29 is 0 Å². The molecule has 0 bridgehead atoms. The largest absolute Gasteiger partial charge is 0.380 e. The Labute approximate surface area is 106 Å². The van der Waals surface area contributed by atoms with Gasteiger partial charge < -0.3 is 5.32 Å². The minimum absolute atomic E-state index is 0.624. The van der Waals surface area contributed by atoms with Crippen molar-refractivity contribution in [3.63, 3.8) is 0 Å². The average Bonchev–Trinajstić information content (AvgIpc) is 2.33. The van der Waals surface area contributed by atoms with E-state index in [0.717, 1.165) is 16.2 Å². The van der Waals surface area contributed by atoms with Gasteiger partial charge in [-0.25, -0.2) is 4.98 Å². The molecule has 2 atom stereocenters. The van der Waals surface area contributed by atoms with Crippen LogP contribution < -0.4 is 5.32 Å². The number of nitrogens with zero attached hydrogens (tertiary/aromatic N) is 1. The van der Waals surface area contributed by atoms with Crippen LogP contribution in [0.2, 0.25) is 0 Å². The van der Waals surface area contributed by atoms with E-state index in [1.807, 2.05) is 12.3 Å². The summed E-state index contributed by atoms with van der Waals surface area (Å²) in [4.78, 5) is 4.25. The normalized spacial score (nSPS) is 25.4. The smallest absolute Gasteiger partial charge is 0.129 e. The van der Waals surface area contributed by atoms with Crippen LogP contribution in [0.1, 0.15) is 39.0 Å². The van der Waals surface area contributed by atoms with Gasteiger partial charge in [0, 0.05) is 12.2 Å². The molecular weight excluding hydrogens is 264 g/mol. The maximum Gasteiger partial charge on any atom is 0.129 e. The minimum atomic E-state index is 0.624. The van der Waals surface area contributed by atoms with Gasteiger partial charge in [-0.3, -0.25) is 0 Å². The van der Waals surface area contributed by atoms with Crippen LogP contribution in [-0.4, -0.2) is 11.0 Å². The van der Waals surface area contributed by atoms with Gasteiger partial charge in [0.25, 0.3) is 0 Å². The van der Waals surface area contributed by atoms with Crippen LogP contribution in [0.3, 0.4) is 0 Å². The standard InChI is InChI=1S/C13H19BrN2/c1-2-10-6-3-4-7-11(10)16-12-8-5-9-15-13(12)14/h5,8-11,16H,2-4,6-7H2,1H3. The zero-order chi connectivity index (χ0) is 11.4. The predicted molar refractivity (Wildman–Crippen MR) is 71.6 cm³/mol. The molecule has 16 heavy (non-hydrogen) atoms. The topological polar surface area (TPSA) is 24.9 Å². The van der Waals surface area contributed by atoms with E-state index in [2.05, 4.69) is 39.2 Å². The first-order chi connectivity index (χ1) is 7.81. The predicted octanol–water partition coefficient (Wildman–Crippen LogP) is 4.22. The highest BCUT2D eigenvalue weighted by atomic mass is 79.9. The molecule has 1 aromatic rings. The summed E-state index contributed by atoms with van der Waals surface area (Å²) in [5, 5.41) is 3.64. The highest BCUT2D eigenvalue weighted by Crippen LogP contribution is 2.30. The number of pyridine rings is 1. The van der Waals surface area contributed by atoms with Gasteiger partial charge in [0.05, 0.1) is 5.69 Å². The lowest BCUT2D eigenvalue weighted by Gasteiger charge is -2.32. The SMILES string of the molecule is CCC1CCCCC1Nc1cccnc1Br. The van der Waals surface area contributed by atoms with Crippen molar-refractivity contribution in [1.29, 1.82) is 0 Å². The number of nitrogens with one attached hydrogen (secondary N) is 1. The first kappa shape index (κ1) is 11.9. The van der Waals surface area contributed by atoms with Crippen molar-refractivity contribution in [1.82, 2.24) is 4.98 Å². The van der Waals surface area contributed by atoms with Gasteiger partial charge in [-0.1, -0.05) is 26.2 Å². The molecule has 0 aromatic carbocycles. The van der Waals surface area contributed by atoms with Crippen molar-refractivity contribution >= 4 is 21.6 Å². The van der Waals surface area contributed by atoms with E-state index in [-0.39, 0.29) is 0 Å². The number of hydrogen-bond donors (Lipinski definition) is 1. The zero-order valence-electron chi connectivity index (χ0n) is 9.75. The van der Waals surface area contributed by atoms with Crippen molar-refractivity contribution in [2.75, 3.05) is 5.32 Å². The third kappa shape index (κ3) is 2.76. The molecule has 1 fully saturated rings. The summed E-state index contributed by atoms with van der Waals surface area (Å²) in [6.45, 7) is 2.29. The molecule has 2 rings (SSSR count). The van der Waals surface area contributed by atoms with E-state index in [4.69, 9.17) is 0 Å². The molecule has 1 saturated carbocycles. The molecule has 3 heteroatoms. The summed E-state index contributed by atoms with van der Waals surface area (Å²) in [5.74, 6) is 0.820. The average molecular weight is 283 g/mol. The van der Waals surface area contributed by atoms with Gasteiger partial charge in [0.2, 0.25) is 0 Å². The van der Waals surface area contributed by atoms with Gasteiger partial charge in [0.15, 0.2) is 0 Å². The number of aromatic nitrogens is 1. The maximum atomic E-state index is 4.25. The van der Waals surface area contributed by atoms with E-state index in [1.165, 1.54) is 32.1 Å². The summed E-state index contributed by atoms with van der Waals surface area (Å²) < 4.78 is 0.926. The first-order valence-corrected chi connectivity index (χ1v) is 6.97. The molecule has 0 saturated heterocycles. The Balaban J connectivity index is 2.05. The molecule has 0 radical (unpaired) electrons. The summed E-state index contributed by atoms with van der Waals surface area (Å²) in [6, 6.07) is 4.70. The molecule has 0 aliphatic heterocycles. The number of anilines is 1. The fourth-order valence-corrected chi connectivity index (χ4v) is 2.94. The Morgan fingerprint density at radius 2 is 2.25 bits per heavy atom. The highest BCUT2D eigenvalue weighted by Gasteiger charge is 2.23. The molecule has 1 aliphatic carbocycles. The Bertz CT molecular complexity index is 340. The van der Waals surface area contributed by atoms with Crippen molar-refractivity contribution in [2.24, 2.45) is 5.92 Å². The van der Waals surface area contributed by atoms with Crippen molar-refractivity contribution in [2.45, 2.75) is 45.1 Å². The lowest BCUT2D eigenvalue weighted by atomic mass is 9.83. The molecule has 1 aromatic heterocycles. The second-order valence-corrected chi connectivity index (χ2v) is 5.30. The molecule has 1 aliphatic rings. The van der Waals surface area contributed by atoms with Crippen LogP contribution in [0.5, 0.6) is 0 Å². The van der Waals surface area contributed by atoms with E-state index < -0.39 is 0 Å². The summed E-state index contributed by atoms with van der Waals surface area (Å²) in [5.41, 5.74) is 1.13. The molecular formula is C13H19BrN2. The lowest BCUT2D eigenvalue weighted by molar-refractivity contribution is 0.317. The van der Waals surface area contributed by atoms with Gasteiger partial charge in [-0.15, -0.1) is 0 Å². The van der Waals surface area contributed by atoms with Gasteiger partial charge >= 0.3 is 0 Å². The van der Waals surface area contributed by atoms with E-state index in [0.29, 0.717) is 6.04 Å². The van der Waals surface area contributed by atoms with Crippen molar-refractivity contribution in [3.05, 3.63) is 22.9 Å².